The topological polar surface area (TPSA) is 116 Å². The van der Waals surface area contributed by atoms with E-state index in [1.165, 1.54) is 0 Å². The zero-order chi connectivity index (χ0) is 11.2. The van der Waals surface area contributed by atoms with E-state index in [2.05, 4.69) is 10.0 Å². The molecule has 14 heavy (non-hydrogen) atoms. The predicted molar refractivity (Wildman–Crippen MR) is 48.7 cm³/mol. The lowest BCUT2D eigenvalue weighted by molar-refractivity contribution is -0.123. The molecule has 84 valence electrons. The van der Waals surface area contributed by atoms with E-state index in [4.69, 9.17) is 10.2 Å². The SMILES string of the molecule is CS(=O)(=O)NCCC(=O)NCC(O)O. The minimum absolute atomic E-state index is 0.00775. The van der Waals surface area contributed by atoms with Crippen LogP contribution in [0.2, 0.25) is 0 Å². The number of sulfonamides is 1. The average molecular weight is 226 g/mol. The number of carbonyl (C=O) groups is 1. The van der Waals surface area contributed by atoms with Crippen molar-refractivity contribution in [3.05, 3.63) is 0 Å². The van der Waals surface area contributed by atoms with Crippen LogP contribution in [0.3, 0.4) is 0 Å². The number of carbonyl (C=O) groups excluding carboxylic acids is 1. The lowest BCUT2D eigenvalue weighted by atomic mass is 10.4. The molecule has 0 unspecified atom stereocenters. The van der Waals surface area contributed by atoms with Crippen LogP contribution in [0.15, 0.2) is 0 Å². The highest BCUT2D eigenvalue weighted by atomic mass is 32.2. The lowest BCUT2D eigenvalue weighted by Crippen LogP contribution is -2.34. The zero-order valence-electron chi connectivity index (χ0n) is 7.73. The average Bonchev–Trinajstić information content (AvgIpc) is 1.98. The number of amides is 1. The third-order valence-corrected chi connectivity index (χ3v) is 1.93. The Bertz CT molecular complexity index is 274. The molecule has 0 heterocycles. The Labute approximate surface area is 82.2 Å². The minimum atomic E-state index is -3.28. The molecule has 0 saturated heterocycles. The molecule has 4 N–H and O–H groups in total. The van der Waals surface area contributed by atoms with Gasteiger partial charge in [0.05, 0.1) is 12.8 Å². The maximum atomic E-state index is 10.9. The normalized spacial score (nSPS) is 11.7. The van der Waals surface area contributed by atoms with E-state index in [0.717, 1.165) is 6.26 Å². The van der Waals surface area contributed by atoms with Gasteiger partial charge in [-0.3, -0.25) is 4.79 Å². The fourth-order valence-electron chi connectivity index (χ4n) is 0.643. The molecule has 0 aliphatic rings. The smallest absolute Gasteiger partial charge is 0.221 e. The summed E-state index contributed by atoms with van der Waals surface area (Å²) in [4.78, 5) is 10.9. The molecule has 0 rings (SSSR count). The van der Waals surface area contributed by atoms with Crippen LogP contribution in [0.5, 0.6) is 0 Å². The molecule has 0 atom stereocenters. The van der Waals surface area contributed by atoms with Crippen LogP contribution in [0.25, 0.3) is 0 Å². The first kappa shape index (κ1) is 13.3. The quantitative estimate of drug-likeness (QED) is 0.369. The van der Waals surface area contributed by atoms with Crippen molar-refractivity contribution >= 4 is 15.9 Å². The molecular formula is C6H14N2O5S. The maximum Gasteiger partial charge on any atom is 0.221 e. The van der Waals surface area contributed by atoms with Crippen LogP contribution in [0, 0.1) is 0 Å². The zero-order valence-corrected chi connectivity index (χ0v) is 8.54. The van der Waals surface area contributed by atoms with E-state index in [1.807, 2.05) is 0 Å². The summed E-state index contributed by atoms with van der Waals surface area (Å²) in [5.41, 5.74) is 0. The second kappa shape index (κ2) is 5.91. The summed E-state index contributed by atoms with van der Waals surface area (Å²) in [5.74, 6) is -0.450. The summed E-state index contributed by atoms with van der Waals surface area (Å²) in [6, 6.07) is 0. The lowest BCUT2D eigenvalue weighted by Gasteiger charge is -2.06. The highest BCUT2D eigenvalue weighted by Gasteiger charge is 2.05. The molecule has 0 aromatic carbocycles. The molecule has 7 nitrogen and oxygen atoms in total. The number of aliphatic hydroxyl groups is 2. The molecule has 0 aromatic heterocycles. The number of hydrogen-bond donors (Lipinski definition) is 4. The van der Waals surface area contributed by atoms with E-state index in [9.17, 15) is 13.2 Å². The van der Waals surface area contributed by atoms with Gasteiger partial charge in [0.1, 0.15) is 0 Å². The van der Waals surface area contributed by atoms with Gasteiger partial charge in [-0.05, 0) is 0 Å². The molecule has 0 spiro atoms. The maximum absolute atomic E-state index is 10.9. The van der Waals surface area contributed by atoms with E-state index in [-0.39, 0.29) is 19.5 Å². The van der Waals surface area contributed by atoms with Gasteiger partial charge in [0.15, 0.2) is 6.29 Å². The molecule has 0 aliphatic carbocycles. The Morgan fingerprint density at radius 2 is 2.00 bits per heavy atom. The fraction of sp³-hybridized carbons (Fsp3) is 0.833. The summed E-state index contributed by atoms with van der Waals surface area (Å²) >= 11 is 0. The molecular weight excluding hydrogens is 212 g/mol. The largest absolute Gasteiger partial charge is 0.367 e. The first-order chi connectivity index (χ1) is 6.31. The molecule has 8 heteroatoms. The molecule has 0 aromatic rings. The predicted octanol–water partition coefficient (Wildman–Crippen LogP) is -2.65. The van der Waals surface area contributed by atoms with Gasteiger partial charge in [0.2, 0.25) is 15.9 Å². The second-order valence-corrected chi connectivity index (χ2v) is 4.53. The third kappa shape index (κ3) is 9.39. The van der Waals surface area contributed by atoms with Gasteiger partial charge in [-0.15, -0.1) is 0 Å². The first-order valence-corrected chi connectivity index (χ1v) is 5.78. The molecule has 0 saturated carbocycles. The van der Waals surface area contributed by atoms with Crippen molar-refractivity contribution in [1.29, 1.82) is 0 Å². The van der Waals surface area contributed by atoms with Crippen LogP contribution in [0.1, 0.15) is 6.42 Å². The van der Waals surface area contributed by atoms with Crippen molar-refractivity contribution in [3.63, 3.8) is 0 Å². The summed E-state index contributed by atoms with van der Waals surface area (Å²) < 4.78 is 23.2. The minimum Gasteiger partial charge on any atom is -0.367 e. The summed E-state index contributed by atoms with van der Waals surface area (Å²) in [6.45, 7) is -0.274. The van der Waals surface area contributed by atoms with Crippen LogP contribution in [-0.4, -0.2) is 50.2 Å². The van der Waals surface area contributed by atoms with E-state index in [0.29, 0.717) is 0 Å². The number of aliphatic hydroxyl groups excluding tert-OH is 1. The van der Waals surface area contributed by atoms with Crippen molar-refractivity contribution < 1.29 is 23.4 Å². The number of hydrogen-bond acceptors (Lipinski definition) is 5. The third-order valence-electron chi connectivity index (χ3n) is 1.20. The Kier molecular flexibility index (Phi) is 5.62. The molecule has 0 radical (unpaired) electrons. The van der Waals surface area contributed by atoms with Gasteiger partial charge in [-0.1, -0.05) is 0 Å². The second-order valence-electron chi connectivity index (χ2n) is 2.70. The Balaban J connectivity index is 3.55. The first-order valence-electron chi connectivity index (χ1n) is 3.89. The van der Waals surface area contributed by atoms with Crippen LogP contribution < -0.4 is 10.0 Å². The molecule has 0 bridgehead atoms. The van der Waals surface area contributed by atoms with Crippen molar-refractivity contribution in [2.45, 2.75) is 12.7 Å². The summed E-state index contributed by atoms with van der Waals surface area (Å²) in [7, 11) is -3.28. The Hall–Kier alpha value is -0.700. The highest BCUT2D eigenvalue weighted by molar-refractivity contribution is 7.88. The van der Waals surface area contributed by atoms with Crippen LogP contribution >= 0.6 is 0 Å². The number of nitrogens with one attached hydrogen (secondary N) is 2. The van der Waals surface area contributed by atoms with E-state index < -0.39 is 22.2 Å². The van der Waals surface area contributed by atoms with Gasteiger partial charge in [-0.25, -0.2) is 13.1 Å². The van der Waals surface area contributed by atoms with Gasteiger partial charge < -0.3 is 15.5 Å². The van der Waals surface area contributed by atoms with Crippen molar-refractivity contribution in [2.24, 2.45) is 0 Å². The number of rotatable bonds is 6. The van der Waals surface area contributed by atoms with Gasteiger partial charge in [-0.2, -0.15) is 0 Å². The highest BCUT2D eigenvalue weighted by Crippen LogP contribution is 1.81. The standard InChI is InChI=1S/C6H14N2O5S/c1-14(12,13)8-3-2-5(9)7-4-6(10)11/h6,8,10-11H,2-4H2,1H3,(H,7,9). The van der Waals surface area contributed by atoms with Crippen LogP contribution in [-0.2, 0) is 14.8 Å². The van der Waals surface area contributed by atoms with Crippen molar-refractivity contribution in [2.75, 3.05) is 19.3 Å². The van der Waals surface area contributed by atoms with Crippen molar-refractivity contribution in [1.82, 2.24) is 10.0 Å². The molecule has 1 amide bonds. The van der Waals surface area contributed by atoms with Crippen molar-refractivity contribution in [3.8, 4) is 0 Å². The summed E-state index contributed by atoms with van der Waals surface area (Å²) in [5, 5.41) is 19.0. The van der Waals surface area contributed by atoms with Crippen LogP contribution in [0.4, 0.5) is 0 Å². The van der Waals surface area contributed by atoms with E-state index in [1.54, 1.807) is 0 Å². The molecule has 0 aliphatic heterocycles. The van der Waals surface area contributed by atoms with Gasteiger partial charge in [0.25, 0.3) is 0 Å². The van der Waals surface area contributed by atoms with Gasteiger partial charge in [0, 0.05) is 13.0 Å². The monoisotopic (exact) mass is 226 g/mol. The fourth-order valence-corrected chi connectivity index (χ4v) is 1.12. The van der Waals surface area contributed by atoms with E-state index >= 15 is 0 Å². The summed E-state index contributed by atoms with van der Waals surface area (Å²) in [6.07, 6.45) is -0.649. The van der Waals surface area contributed by atoms with Gasteiger partial charge >= 0.3 is 0 Å². The molecule has 0 fully saturated rings. The Morgan fingerprint density at radius 1 is 1.43 bits per heavy atom. The Morgan fingerprint density at radius 3 is 2.43 bits per heavy atom.